The van der Waals surface area contributed by atoms with Crippen molar-refractivity contribution in [3.63, 3.8) is 0 Å². The van der Waals surface area contributed by atoms with Crippen molar-refractivity contribution in [2.24, 2.45) is 0 Å². The standard InChI is InChI=1S/C20H20BrN3OS/c1-2-23-13-15(21)11-18(23)20(25)22-16-5-3-4-6-17(16)24-9-7-19-14(12-24)8-10-26-19/h3-6,8,10-11,13H,2,7,9,12H2,1H3,(H,22,25). The SMILES string of the molecule is CCn1cc(Br)cc1C(=O)Nc1ccccc1N1CCc2sccc2C1. The highest BCUT2D eigenvalue weighted by Gasteiger charge is 2.21. The van der Waals surface area contributed by atoms with Crippen molar-refractivity contribution in [1.82, 2.24) is 4.57 Å². The third-order valence-corrected chi connectivity index (χ3v) is 6.19. The summed E-state index contributed by atoms with van der Waals surface area (Å²) in [5.41, 5.74) is 3.99. The summed E-state index contributed by atoms with van der Waals surface area (Å²) in [4.78, 5) is 16.7. The number of rotatable bonds is 4. The number of benzene rings is 1. The fourth-order valence-electron chi connectivity index (χ4n) is 3.42. The van der Waals surface area contributed by atoms with Crippen LogP contribution in [0, 0.1) is 0 Å². The van der Waals surface area contributed by atoms with Crippen molar-refractivity contribution in [1.29, 1.82) is 0 Å². The summed E-state index contributed by atoms with van der Waals surface area (Å²) in [6.07, 6.45) is 2.99. The minimum atomic E-state index is -0.0850. The number of aromatic nitrogens is 1. The molecule has 3 aromatic rings. The van der Waals surface area contributed by atoms with Gasteiger partial charge in [0.15, 0.2) is 0 Å². The Morgan fingerprint density at radius 3 is 3.00 bits per heavy atom. The van der Waals surface area contributed by atoms with Gasteiger partial charge in [-0.05, 0) is 64.5 Å². The fraction of sp³-hybridized carbons (Fsp3) is 0.250. The van der Waals surface area contributed by atoms with E-state index >= 15 is 0 Å². The monoisotopic (exact) mass is 429 g/mol. The van der Waals surface area contributed by atoms with E-state index in [2.05, 4.69) is 43.7 Å². The van der Waals surface area contributed by atoms with Crippen LogP contribution in [0.25, 0.3) is 0 Å². The molecule has 1 aliphatic heterocycles. The molecule has 0 atom stereocenters. The van der Waals surface area contributed by atoms with Crippen molar-refractivity contribution in [3.05, 3.63) is 68.6 Å². The fourth-order valence-corrected chi connectivity index (χ4v) is 4.78. The zero-order valence-corrected chi connectivity index (χ0v) is 16.9. The highest BCUT2D eigenvalue weighted by Crippen LogP contribution is 2.32. The number of halogens is 1. The third kappa shape index (κ3) is 3.31. The van der Waals surface area contributed by atoms with Gasteiger partial charge in [0.1, 0.15) is 5.69 Å². The van der Waals surface area contributed by atoms with E-state index in [0.29, 0.717) is 5.69 Å². The van der Waals surface area contributed by atoms with Crippen LogP contribution in [0.5, 0.6) is 0 Å². The molecule has 0 saturated carbocycles. The zero-order chi connectivity index (χ0) is 18.1. The number of aryl methyl sites for hydroxylation is 1. The molecule has 0 saturated heterocycles. The van der Waals surface area contributed by atoms with Crippen LogP contribution in [0.2, 0.25) is 0 Å². The van der Waals surface area contributed by atoms with E-state index < -0.39 is 0 Å². The summed E-state index contributed by atoms with van der Waals surface area (Å²) in [6.45, 7) is 4.65. The number of anilines is 2. The van der Waals surface area contributed by atoms with E-state index in [4.69, 9.17) is 0 Å². The van der Waals surface area contributed by atoms with Gasteiger partial charge < -0.3 is 14.8 Å². The molecular formula is C20H20BrN3OS. The summed E-state index contributed by atoms with van der Waals surface area (Å²) in [5.74, 6) is -0.0850. The summed E-state index contributed by atoms with van der Waals surface area (Å²) >= 11 is 5.30. The molecule has 3 heterocycles. The second kappa shape index (κ2) is 7.29. The maximum atomic E-state index is 12.8. The van der Waals surface area contributed by atoms with Gasteiger partial charge in [-0.1, -0.05) is 12.1 Å². The van der Waals surface area contributed by atoms with Gasteiger partial charge in [-0.25, -0.2) is 0 Å². The van der Waals surface area contributed by atoms with Gasteiger partial charge in [0.2, 0.25) is 0 Å². The Labute approximate surface area is 165 Å². The first-order valence-electron chi connectivity index (χ1n) is 8.72. The van der Waals surface area contributed by atoms with Crippen molar-refractivity contribution >= 4 is 44.5 Å². The van der Waals surface area contributed by atoms with Crippen molar-refractivity contribution in [3.8, 4) is 0 Å². The van der Waals surface area contributed by atoms with Gasteiger partial charge >= 0.3 is 0 Å². The second-order valence-corrected chi connectivity index (χ2v) is 8.26. The number of nitrogens with zero attached hydrogens (tertiary/aromatic N) is 2. The summed E-state index contributed by atoms with van der Waals surface area (Å²) in [5, 5.41) is 5.28. The predicted molar refractivity (Wildman–Crippen MR) is 111 cm³/mol. The Hall–Kier alpha value is -2.05. The number of amides is 1. The topological polar surface area (TPSA) is 37.3 Å². The molecule has 134 valence electrons. The van der Waals surface area contributed by atoms with Gasteiger partial charge in [-0.3, -0.25) is 4.79 Å². The lowest BCUT2D eigenvalue weighted by Gasteiger charge is -2.30. The molecule has 1 aromatic carbocycles. The first-order chi connectivity index (χ1) is 12.7. The van der Waals surface area contributed by atoms with Crippen LogP contribution < -0.4 is 10.2 Å². The Balaban J connectivity index is 1.59. The average Bonchev–Trinajstić information content (AvgIpc) is 3.27. The van der Waals surface area contributed by atoms with Crippen molar-refractivity contribution in [2.45, 2.75) is 26.4 Å². The van der Waals surface area contributed by atoms with Crippen LogP contribution in [-0.4, -0.2) is 17.0 Å². The van der Waals surface area contributed by atoms with Crippen LogP contribution in [0.3, 0.4) is 0 Å². The normalized spacial score (nSPS) is 13.5. The second-order valence-electron chi connectivity index (χ2n) is 6.34. The molecular weight excluding hydrogens is 410 g/mol. The minimum Gasteiger partial charge on any atom is -0.365 e. The molecule has 0 radical (unpaired) electrons. The highest BCUT2D eigenvalue weighted by molar-refractivity contribution is 9.10. The van der Waals surface area contributed by atoms with E-state index in [1.54, 1.807) is 0 Å². The van der Waals surface area contributed by atoms with E-state index in [-0.39, 0.29) is 5.91 Å². The molecule has 1 aliphatic rings. The Bertz CT molecular complexity index is 946. The lowest BCUT2D eigenvalue weighted by atomic mass is 10.1. The van der Waals surface area contributed by atoms with Gasteiger partial charge in [0.05, 0.1) is 11.4 Å². The van der Waals surface area contributed by atoms with Crippen LogP contribution in [0.1, 0.15) is 27.9 Å². The van der Waals surface area contributed by atoms with Crippen LogP contribution in [-0.2, 0) is 19.5 Å². The first kappa shape index (κ1) is 17.4. The maximum Gasteiger partial charge on any atom is 0.272 e. The van der Waals surface area contributed by atoms with Gasteiger partial charge in [0.25, 0.3) is 5.91 Å². The Kier molecular flexibility index (Phi) is 4.87. The summed E-state index contributed by atoms with van der Waals surface area (Å²) in [7, 11) is 0. The Morgan fingerprint density at radius 1 is 1.31 bits per heavy atom. The number of nitrogens with one attached hydrogen (secondary N) is 1. The maximum absolute atomic E-state index is 12.8. The summed E-state index contributed by atoms with van der Waals surface area (Å²) < 4.78 is 2.86. The molecule has 0 bridgehead atoms. The van der Waals surface area contributed by atoms with Crippen LogP contribution in [0.15, 0.2) is 52.4 Å². The zero-order valence-electron chi connectivity index (χ0n) is 14.5. The largest absolute Gasteiger partial charge is 0.365 e. The molecule has 6 heteroatoms. The van der Waals surface area contributed by atoms with Crippen molar-refractivity contribution in [2.75, 3.05) is 16.8 Å². The molecule has 2 aromatic heterocycles. The number of para-hydroxylation sites is 2. The first-order valence-corrected chi connectivity index (χ1v) is 10.4. The lowest BCUT2D eigenvalue weighted by Crippen LogP contribution is -2.30. The van der Waals surface area contributed by atoms with Crippen LogP contribution >= 0.6 is 27.3 Å². The van der Waals surface area contributed by atoms with Gasteiger partial charge in [-0.2, -0.15) is 0 Å². The van der Waals surface area contributed by atoms with E-state index in [1.165, 1.54) is 10.4 Å². The highest BCUT2D eigenvalue weighted by atomic mass is 79.9. The molecule has 0 aliphatic carbocycles. The smallest absolute Gasteiger partial charge is 0.272 e. The summed E-state index contributed by atoms with van der Waals surface area (Å²) in [6, 6.07) is 12.1. The predicted octanol–water partition coefficient (Wildman–Crippen LogP) is 5.15. The van der Waals surface area contributed by atoms with E-state index in [9.17, 15) is 4.79 Å². The van der Waals surface area contributed by atoms with E-state index in [0.717, 1.165) is 41.9 Å². The number of carbonyl (C=O) groups excluding carboxylic acids is 1. The molecule has 0 spiro atoms. The number of hydrogen-bond acceptors (Lipinski definition) is 3. The minimum absolute atomic E-state index is 0.0850. The van der Waals surface area contributed by atoms with Gasteiger partial charge in [0, 0.05) is 35.2 Å². The molecule has 1 amide bonds. The molecule has 0 fully saturated rings. The number of fused-ring (bicyclic) bond motifs is 1. The lowest BCUT2D eigenvalue weighted by molar-refractivity contribution is 0.101. The molecule has 1 N–H and O–H groups in total. The van der Waals surface area contributed by atoms with Crippen molar-refractivity contribution < 1.29 is 4.79 Å². The van der Waals surface area contributed by atoms with Gasteiger partial charge in [-0.15, -0.1) is 11.3 Å². The quantitative estimate of drug-likeness (QED) is 0.622. The Morgan fingerprint density at radius 2 is 2.15 bits per heavy atom. The molecule has 4 rings (SSSR count). The van der Waals surface area contributed by atoms with Crippen LogP contribution in [0.4, 0.5) is 11.4 Å². The number of carbonyl (C=O) groups is 1. The number of hydrogen-bond donors (Lipinski definition) is 1. The average molecular weight is 430 g/mol. The molecule has 4 nitrogen and oxygen atoms in total. The van der Waals surface area contributed by atoms with E-state index in [1.807, 2.05) is 53.3 Å². The third-order valence-electron chi connectivity index (χ3n) is 4.74. The molecule has 26 heavy (non-hydrogen) atoms. The number of thiophene rings is 1. The molecule has 0 unspecified atom stereocenters.